The molecule has 4 rings (SSSR count). The SMILES string of the molecule is Cn1c(=O)n(C)c2cc(Sc3ccccc3Cl)c(NC(=O)c3ccc(C(C)(C)C)cc3)cc21. The third kappa shape index (κ3) is 4.59. The Hall–Kier alpha value is -2.96. The van der Waals surface area contributed by atoms with Crippen LogP contribution in [0.2, 0.25) is 5.02 Å². The highest BCUT2D eigenvalue weighted by atomic mass is 35.5. The lowest BCUT2D eigenvalue weighted by Gasteiger charge is -2.19. The van der Waals surface area contributed by atoms with Crippen molar-refractivity contribution in [2.75, 3.05) is 5.32 Å². The van der Waals surface area contributed by atoms with Crippen LogP contribution in [-0.4, -0.2) is 15.0 Å². The number of fused-ring (bicyclic) bond motifs is 1. The first-order valence-corrected chi connectivity index (χ1v) is 11.8. The van der Waals surface area contributed by atoms with Gasteiger partial charge in [0.1, 0.15) is 0 Å². The highest BCUT2D eigenvalue weighted by Gasteiger charge is 2.18. The summed E-state index contributed by atoms with van der Waals surface area (Å²) < 4.78 is 3.18. The van der Waals surface area contributed by atoms with Gasteiger partial charge in [0.25, 0.3) is 5.91 Å². The first-order chi connectivity index (χ1) is 15.6. The van der Waals surface area contributed by atoms with E-state index in [0.717, 1.165) is 26.4 Å². The van der Waals surface area contributed by atoms with Gasteiger partial charge in [-0.05, 0) is 47.4 Å². The molecular formula is C26H26ClN3O2S. The number of aryl methyl sites for hydroxylation is 2. The van der Waals surface area contributed by atoms with Crippen LogP contribution in [0.3, 0.4) is 0 Å². The van der Waals surface area contributed by atoms with E-state index in [1.165, 1.54) is 11.8 Å². The Morgan fingerprint density at radius 3 is 2.12 bits per heavy atom. The molecule has 1 N–H and O–H groups in total. The number of hydrogen-bond acceptors (Lipinski definition) is 3. The topological polar surface area (TPSA) is 56.0 Å². The summed E-state index contributed by atoms with van der Waals surface area (Å²) >= 11 is 7.84. The van der Waals surface area contributed by atoms with Crippen molar-refractivity contribution in [3.63, 3.8) is 0 Å². The molecule has 0 radical (unpaired) electrons. The minimum absolute atomic E-state index is 0.0108. The Bertz CT molecular complexity index is 1410. The molecule has 0 fully saturated rings. The molecule has 4 aromatic rings. The van der Waals surface area contributed by atoms with Crippen molar-refractivity contribution < 1.29 is 4.79 Å². The monoisotopic (exact) mass is 479 g/mol. The minimum atomic E-state index is -0.211. The van der Waals surface area contributed by atoms with Crippen LogP contribution < -0.4 is 11.0 Å². The summed E-state index contributed by atoms with van der Waals surface area (Å²) in [6, 6.07) is 19.0. The van der Waals surface area contributed by atoms with E-state index in [1.54, 1.807) is 23.2 Å². The summed E-state index contributed by atoms with van der Waals surface area (Å²) in [6.45, 7) is 6.42. The van der Waals surface area contributed by atoms with Crippen molar-refractivity contribution in [2.24, 2.45) is 14.1 Å². The molecule has 0 spiro atoms. The Morgan fingerprint density at radius 2 is 1.52 bits per heavy atom. The number of rotatable bonds is 4. The molecule has 0 unspecified atom stereocenters. The normalized spacial score (nSPS) is 11.7. The lowest BCUT2D eigenvalue weighted by Crippen LogP contribution is -2.19. The van der Waals surface area contributed by atoms with Crippen molar-refractivity contribution >= 4 is 46.0 Å². The Labute approximate surface area is 202 Å². The molecule has 7 heteroatoms. The Balaban J connectivity index is 1.76. The zero-order chi connectivity index (χ0) is 23.9. The number of aromatic nitrogens is 2. The fraction of sp³-hybridized carbons (Fsp3) is 0.231. The van der Waals surface area contributed by atoms with Gasteiger partial charge in [-0.25, -0.2) is 4.79 Å². The van der Waals surface area contributed by atoms with Gasteiger partial charge in [-0.3, -0.25) is 13.9 Å². The average Bonchev–Trinajstić information content (AvgIpc) is 2.98. The van der Waals surface area contributed by atoms with Crippen LogP contribution >= 0.6 is 23.4 Å². The quantitative estimate of drug-likeness (QED) is 0.377. The molecule has 0 atom stereocenters. The summed E-state index contributed by atoms with van der Waals surface area (Å²) in [5.41, 5.74) is 3.76. The number of carbonyl (C=O) groups excluding carboxylic acids is 1. The fourth-order valence-electron chi connectivity index (χ4n) is 3.67. The number of nitrogens with zero attached hydrogens (tertiary/aromatic N) is 2. The number of amides is 1. The van der Waals surface area contributed by atoms with E-state index in [-0.39, 0.29) is 17.0 Å². The van der Waals surface area contributed by atoms with E-state index in [0.29, 0.717) is 16.3 Å². The van der Waals surface area contributed by atoms with Crippen molar-refractivity contribution in [2.45, 2.75) is 36.0 Å². The van der Waals surface area contributed by atoms with Crippen LogP contribution in [0.4, 0.5) is 5.69 Å². The van der Waals surface area contributed by atoms with Crippen LogP contribution in [0, 0.1) is 0 Å². The van der Waals surface area contributed by atoms with Gasteiger partial charge in [0, 0.05) is 29.4 Å². The number of halogens is 1. The molecule has 0 aliphatic heterocycles. The molecule has 0 bridgehead atoms. The van der Waals surface area contributed by atoms with Gasteiger partial charge >= 0.3 is 5.69 Å². The van der Waals surface area contributed by atoms with E-state index >= 15 is 0 Å². The Kier molecular flexibility index (Phi) is 6.16. The maximum absolute atomic E-state index is 13.1. The maximum Gasteiger partial charge on any atom is 0.328 e. The molecule has 3 aromatic carbocycles. The Morgan fingerprint density at radius 1 is 0.909 bits per heavy atom. The second-order valence-corrected chi connectivity index (χ2v) is 10.5. The summed E-state index contributed by atoms with van der Waals surface area (Å²) in [5.74, 6) is -0.211. The van der Waals surface area contributed by atoms with Gasteiger partial charge in [0.2, 0.25) is 0 Å². The molecule has 0 saturated carbocycles. The number of nitrogens with one attached hydrogen (secondary N) is 1. The molecule has 1 amide bonds. The molecule has 33 heavy (non-hydrogen) atoms. The number of anilines is 1. The third-order valence-electron chi connectivity index (χ3n) is 5.69. The first kappa shape index (κ1) is 23.2. The van der Waals surface area contributed by atoms with E-state index < -0.39 is 0 Å². The molecule has 0 aliphatic carbocycles. The van der Waals surface area contributed by atoms with Crippen molar-refractivity contribution in [1.29, 1.82) is 0 Å². The van der Waals surface area contributed by atoms with E-state index in [2.05, 4.69) is 26.1 Å². The molecule has 1 aromatic heterocycles. The molecule has 0 aliphatic rings. The lowest BCUT2D eigenvalue weighted by atomic mass is 9.87. The van der Waals surface area contributed by atoms with Gasteiger partial charge in [-0.15, -0.1) is 0 Å². The third-order valence-corrected chi connectivity index (χ3v) is 7.27. The average molecular weight is 480 g/mol. The van der Waals surface area contributed by atoms with Crippen LogP contribution in [-0.2, 0) is 19.5 Å². The van der Waals surface area contributed by atoms with Crippen molar-refractivity contribution in [1.82, 2.24) is 9.13 Å². The molecular weight excluding hydrogens is 454 g/mol. The van der Waals surface area contributed by atoms with E-state index in [1.807, 2.05) is 60.7 Å². The molecule has 5 nitrogen and oxygen atoms in total. The minimum Gasteiger partial charge on any atom is -0.321 e. The maximum atomic E-state index is 13.1. The van der Waals surface area contributed by atoms with Crippen LogP contribution in [0.1, 0.15) is 36.7 Å². The summed E-state index contributed by atoms with van der Waals surface area (Å²) in [6.07, 6.45) is 0. The van der Waals surface area contributed by atoms with Crippen molar-refractivity contribution in [3.05, 3.63) is 87.3 Å². The second kappa shape index (κ2) is 8.76. The van der Waals surface area contributed by atoms with Gasteiger partial charge < -0.3 is 5.32 Å². The zero-order valence-corrected chi connectivity index (χ0v) is 20.8. The largest absolute Gasteiger partial charge is 0.328 e. The number of hydrogen-bond donors (Lipinski definition) is 1. The first-order valence-electron chi connectivity index (χ1n) is 10.6. The van der Waals surface area contributed by atoms with Gasteiger partial charge in [-0.2, -0.15) is 0 Å². The van der Waals surface area contributed by atoms with Gasteiger partial charge in [-0.1, -0.05) is 68.4 Å². The summed E-state index contributed by atoms with van der Waals surface area (Å²) in [4.78, 5) is 27.3. The standard InChI is InChI=1S/C26H26ClN3O2S/c1-26(2,3)17-12-10-16(11-13-17)24(31)28-19-14-20-21(30(5)25(32)29(20)4)15-23(19)33-22-9-7-6-8-18(22)27/h6-15H,1-5H3,(H,28,31). The van der Waals surface area contributed by atoms with Crippen LogP contribution in [0.15, 0.2) is 75.2 Å². The summed E-state index contributed by atoms with van der Waals surface area (Å²) in [7, 11) is 3.46. The predicted octanol–water partition coefficient (Wildman–Crippen LogP) is 6.23. The van der Waals surface area contributed by atoms with Crippen LogP contribution in [0.5, 0.6) is 0 Å². The number of imidazole rings is 1. The summed E-state index contributed by atoms with van der Waals surface area (Å²) in [5, 5.41) is 3.67. The highest BCUT2D eigenvalue weighted by Crippen LogP contribution is 2.39. The predicted molar refractivity (Wildman–Crippen MR) is 137 cm³/mol. The lowest BCUT2D eigenvalue weighted by molar-refractivity contribution is 0.102. The molecule has 1 heterocycles. The zero-order valence-electron chi connectivity index (χ0n) is 19.3. The van der Waals surface area contributed by atoms with E-state index in [9.17, 15) is 9.59 Å². The fourth-order valence-corrected chi connectivity index (χ4v) is 4.86. The molecule has 170 valence electrons. The van der Waals surface area contributed by atoms with Gasteiger partial charge in [0.15, 0.2) is 0 Å². The molecule has 0 saturated heterocycles. The van der Waals surface area contributed by atoms with Gasteiger partial charge in [0.05, 0.1) is 21.7 Å². The smallest absolute Gasteiger partial charge is 0.321 e. The van der Waals surface area contributed by atoms with Crippen molar-refractivity contribution in [3.8, 4) is 0 Å². The van der Waals surface area contributed by atoms with E-state index in [4.69, 9.17) is 11.6 Å². The second-order valence-electron chi connectivity index (χ2n) is 9.05. The number of benzene rings is 3. The number of carbonyl (C=O) groups is 1. The van der Waals surface area contributed by atoms with Crippen LogP contribution in [0.25, 0.3) is 11.0 Å². The highest BCUT2D eigenvalue weighted by molar-refractivity contribution is 7.99.